The monoisotopic (exact) mass is 221 g/mol. The predicted octanol–water partition coefficient (Wildman–Crippen LogP) is 1.45. The number of nitrogen functional groups attached to an aromatic ring is 1. The number of hydrogen-bond acceptors (Lipinski definition) is 3. The van der Waals surface area contributed by atoms with Crippen LogP contribution in [0.3, 0.4) is 0 Å². The van der Waals surface area contributed by atoms with Crippen LogP contribution in [0.5, 0.6) is 0 Å². The van der Waals surface area contributed by atoms with Crippen molar-refractivity contribution < 1.29 is 17.9 Å². The SMILES string of the molecule is Nc1cc(C(F)(F)F)n(C2CCOC2)n1. The van der Waals surface area contributed by atoms with E-state index < -0.39 is 11.9 Å². The highest BCUT2D eigenvalue weighted by atomic mass is 19.4. The van der Waals surface area contributed by atoms with Crippen molar-refractivity contribution in [2.24, 2.45) is 0 Å². The standard InChI is InChI=1S/C8H10F3N3O/c9-8(10,11)6-3-7(12)13-14(6)5-1-2-15-4-5/h3,5H,1-2,4H2,(H2,12,13). The van der Waals surface area contributed by atoms with Crippen LogP contribution in [0.25, 0.3) is 0 Å². The highest BCUT2D eigenvalue weighted by Gasteiger charge is 2.38. The molecule has 4 nitrogen and oxygen atoms in total. The van der Waals surface area contributed by atoms with Crippen molar-refractivity contribution in [3.63, 3.8) is 0 Å². The van der Waals surface area contributed by atoms with Crippen molar-refractivity contribution in [3.8, 4) is 0 Å². The van der Waals surface area contributed by atoms with Gasteiger partial charge in [-0.2, -0.15) is 18.3 Å². The first-order chi connectivity index (χ1) is 6.98. The number of alkyl halides is 3. The molecule has 0 amide bonds. The van der Waals surface area contributed by atoms with Gasteiger partial charge in [0.25, 0.3) is 0 Å². The molecule has 1 atom stereocenters. The summed E-state index contributed by atoms with van der Waals surface area (Å²) in [4.78, 5) is 0. The van der Waals surface area contributed by atoms with Gasteiger partial charge in [-0.3, -0.25) is 4.68 Å². The fraction of sp³-hybridized carbons (Fsp3) is 0.625. The van der Waals surface area contributed by atoms with Gasteiger partial charge in [0.05, 0.1) is 12.6 Å². The number of nitrogens with two attached hydrogens (primary N) is 1. The van der Waals surface area contributed by atoms with Crippen molar-refractivity contribution in [2.45, 2.75) is 18.6 Å². The molecule has 1 aromatic heterocycles. The molecule has 0 radical (unpaired) electrons. The fourth-order valence-corrected chi connectivity index (χ4v) is 1.62. The minimum Gasteiger partial charge on any atom is -0.382 e. The zero-order chi connectivity index (χ0) is 11.1. The molecule has 1 aromatic rings. The number of halogens is 3. The summed E-state index contributed by atoms with van der Waals surface area (Å²) in [5.74, 6) is -0.116. The summed E-state index contributed by atoms with van der Waals surface area (Å²) in [5.41, 5.74) is 4.46. The van der Waals surface area contributed by atoms with Gasteiger partial charge in [0.1, 0.15) is 11.5 Å². The zero-order valence-electron chi connectivity index (χ0n) is 7.79. The molecule has 2 rings (SSSR count). The summed E-state index contributed by atoms with van der Waals surface area (Å²) in [6.07, 6.45) is -3.89. The van der Waals surface area contributed by atoms with Gasteiger partial charge < -0.3 is 10.5 Å². The molecular weight excluding hydrogens is 211 g/mol. The Kier molecular flexibility index (Phi) is 2.34. The number of aromatic nitrogens is 2. The van der Waals surface area contributed by atoms with Gasteiger partial charge >= 0.3 is 6.18 Å². The minimum absolute atomic E-state index is 0.116. The van der Waals surface area contributed by atoms with Crippen molar-refractivity contribution >= 4 is 5.82 Å². The van der Waals surface area contributed by atoms with Gasteiger partial charge in [-0.15, -0.1) is 0 Å². The molecular formula is C8H10F3N3O. The van der Waals surface area contributed by atoms with E-state index in [2.05, 4.69) is 5.10 Å². The normalized spacial score (nSPS) is 22.2. The van der Waals surface area contributed by atoms with E-state index in [9.17, 15) is 13.2 Å². The summed E-state index contributed by atoms with van der Waals surface area (Å²) in [6, 6.07) is 0.483. The van der Waals surface area contributed by atoms with E-state index in [1.165, 1.54) is 0 Å². The molecule has 0 aliphatic carbocycles. The number of rotatable bonds is 1. The summed E-state index contributed by atoms with van der Waals surface area (Å²) in [7, 11) is 0. The molecule has 2 N–H and O–H groups in total. The molecule has 1 aliphatic rings. The van der Waals surface area contributed by atoms with Gasteiger partial charge in [-0.25, -0.2) is 0 Å². The van der Waals surface area contributed by atoms with E-state index in [-0.39, 0.29) is 18.5 Å². The van der Waals surface area contributed by atoms with Crippen molar-refractivity contribution in [1.29, 1.82) is 0 Å². The van der Waals surface area contributed by atoms with Gasteiger partial charge in [0, 0.05) is 12.7 Å². The molecule has 1 unspecified atom stereocenters. The van der Waals surface area contributed by atoms with E-state index in [0.717, 1.165) is 10.7 Å². The van der Waals surface area contributed by atoms with E-state index in [0.29, 0.717) is 13.0 Å². The number of nitrogens with zero attached hydrogens (tertiary/aromatic N) is 2. The second-order valence-corrected chi connectivity index (χ2v) is 3.41. The first-order valence-electron chi connectivity index (χ1n) is 4.48. The Labute approximate surface area is 83.8 Å². The maximum absolute atomic E-state index is 12.6. The second kappa shape index (κ2) is 3.41. The van der Waals surface area contributed by atoms with E-state index in [1.807, 2.05) is 0 Å². The molecule has 0 bridgehead atoms. The van der Waals surface area contributed by atoms with Crippen LogP contribution < -0.4 is 5.73 Å². The van der Waals surface area contributed by atoms with E-state index in [1.54, 1.807) is 0 Å². The predicted molar refractivity (Wildman–Crippen MR) is 46.1 cm³/mol. The molecule has 7 heteroatoms. The van der Waals surface area contributed by atoms with Crippen LogP contribution in [0.2, 0.25) is 0 Å². The lowest BCUT2D eigenvalue weighted by Crippen LogP contribution is -2.19. The van der Waals surface area contributed by atoms with Crippen LogP contribution in [0, 0.1) is 0 Å². The van der Waals surface area contributed by atoms with E-state index in [4.69, 9.17) is 10.5 Å². The van der Waals surface area contributed by atoms with Crippen molar-refractivity contribution in [1.82, 2.24) is 9.78 Å². The Balaban J connectivity index is 2.37. The topological polar surface area (TPSA) is 53.1 Å². The number of anilines is 1. The first kappa shape index (κ1) is 10.3. The fourth-order valence-electron chi connectivity index (χ4n) is 1.62. The summed E-state index contributed by atoms with van der Waals surface area (Å²) in [6.45, 7) is 0.714. The van der Waals surface area contributed by atoms with Crippen LogP contribution in [-0.4, -0.2) is 23.0 Å². The van der Waals surface area contributed by atoms with Crippen LogP contribution in [-0.2, 0) is 10.9 Å². The number of ether oxygens (including phenoxy) is 1. The molecule has 15 heavy (non-hydrogen) atoms. The van der Waals surface area contributed by atoms with E-state index >= 15 is 0 Å². The van der Waals surface area contributed by atoms with Crippen LogP contribution in [0.4, 0.5) is 19.0 Å². The highest BCUT2D eigenvalue weighted by molar-refractivity contribution is 5.31. The van der Waals surface area contributed by atoms with Crippen LogP contribution >= 0.6 is 0 Å². The molecule has 1 fully saturated rings. The van der Waals surface area contributed by atoms with Gasteiger partial charge in [0.2, 0.25) is 0 Å². The largest absolute Gasteiger partial charge is 0.433 e. The van der Waals surface area contributed by atoms with Gasteiger partial charge in [-0.05, 0) is 6.42 Å². The molecule has 84 valence electrons. The van der Waals surface area contributed by atoms with Crippen LogP contribution in [0.15, 0.2) is 6.07 Å². The summed E-state index contributed by atoms with van der Waals surface area (Å²) in [5, 5.41) is 3.65. The lowest BCUT2D eigenvalue weighted by molar-refractivity contribution is -0.145. The third kappa shape index (κ3) is 1.92. The Morgan fingerprint density at radius 2 is 2.27 bits per heavy atom. The molecule has 1 saturated heterocycles. The maximum atomic E-state index is 12.6. The molecule has 0 aromatic carbocycles. The first-order valence-corrected chi connectivity index (χ1v) is 4.48. The Morgan fingerprint density at radius 3 is 2.80 bits per heavy atom. The summed E-state index contributed by atoms with van der Waals surface area (Å²) >= 11 is 0. The third-order valence-corrected chi connectivity index (χ3v) is 2.30. The average Bonchev–Trinajstić information content (AvgIpc) is 2.68. The maximum Gasteiger partial charge on any atom is 0.433 e. The Hall–Kier alpha value is -1.24. The Bertz CT molecular complexity index is 355. The summed E-state index contributed by atoms with van der Waals surface area (Å²) < 4.78 is 43.6. The highest BCUT2D eigenvalue weighted by Crippen LogP contribution is 2.33. The quantitative estimate of drug-likeness (QED) is 0.780. The molecule has 0 saturated carbocycles. The third-order valence-electron chi connectivity index (χ3n) is 2.30. The minimum atomic E-state index is -4.42. The second-order valence-electron chi connectivity index (χ2n) is 3.41. The zero-order valence-corrected chi connectivity index (χ0v) is 7.79. The van der Waals surface area contributed by atoms with Gasteiger partial charge in [-0.1, -0.05) is 0 Å². The molecule has 2 heterocycles. The lowest BCUT2D eigenvalue weighted by Gasteiger charge is -2.14. The average molecular weight is 221 g/mol. The number of hydrogen-bond donors (Lipinski definition) is 1. The molecule has 0 spiro atoms. The van der Waals surface area contributed by atoms with Crippen molar-refractivity contribution in [2.75, 3.05) is 18.9 Å². The van der Waals surface area contributed by atoms with Gasteiger partial charge in [0.15, 0.2) is 0 Å². The Morgan fingerprint density at radius 1 is 1.53 bits per heavy atom. The lowest BCUT2D eigenvalue weighted by atomic mass is 10.2. The smallest absolute Gasteiger partial charge is 0.382 e. The molecule has 1 aliphatic heterocycles. The van der Waals surface area contributed by atoms with Crippen LogP contribution in [0.1, 0.15) is 18.2 Å². The van der Waals surface area contributed by atoms with Crippen molar-refractivity contribution in [3.05, 3.63) is 11.8 Å².